The topological polar surface area (TPSA) is 128 Å². The number of hydrogen-bond acceptors (Lipinski definition) is 8. The molecule has 1 aliphatic rings. The quantitative estimate of drug-likeness (QED) is 0.548. The predicted molar refractivity (Wildman–Crippen MR) is 81.0 cm³/mol. The molecule has 1 fully saturated rings. The maximum atomic E-state index is 10.3. The Kier molecular flexibility index (Phi) is 4.92. The lowest BCUT2D eigenvalue weighted by atomic mass is 10.1. The zero-order chi connectivity index (χ0) is 17.3. The minimum atomic E-state index is -0.996. The highest BCUT2D eigenvalue weighted by Gasteiger charge is 2.45. The highest BCUT2D eigenvalue weighted by atomic mass is 16.6. The lowest BCUT2D eigenvalue weighted by Gasteiger charge is -2.22. The molecule has 0 bridgehead atoms. The van der Waals surface area contributed by atoms with E-state index in [4.69, 9.17) is 19.6 Å². The molecule has 132 valence electrons. The minimum absolute atomic E-state index is 0.216. The first-order valence-corrected chi connectivity index (χ1v) is 7.56. The van der Waals surface area contributed by atoms with Crippen LogP contribution in [-0.4, -0.2) is 74.6 Å². The molecule has 2 aromatic rings. The van der Waals surface area contributed by atoms with E-state index in [9.17, 15) is 10.2 Å². The Labute approximate surface area is 137 Å². The van der Waals surface area contributed by atoms with Crippen molar-refractivity contribution in [2.24, 2.45) is 7.05 Å². The summed E-state index contributed by atoms with van der Waals surface area (Å²) in [6, 6.07) is 0. The van der Waals surface area contributed by atoms with Crippen LogP contribution in [-0.2, 0) is 21.3 Å². The molecule has 10 heteroatoms. The van der Waals surface area contributed by atoms with Crippen molar-refractivity contribution in [1.82, 2.24) is 19.1 Å². The monoisotopic (exact) mass is 339 g/mol. The second-order valence-corrected chi connectivity index (χ2v) is 5.59. The van der Waals surface area contributed by atoms with E-state index in [1.807, 2.05) is 0 Å². The number of ether oxygens (including phenoxy) is 3. The fourth-order valence-corrected chi connectivity index (χ4v) is 2.74. The number of nitrogens with one attached hydrogen (secondary N) is 1. The fraction of sp³-hybridized carbons (Fsp3) is 0.643. The molecule has 1 saturated heterocycles. The van der Waals surface area contributed by atoms with Crippen molar-refractivity contribution in [1.29, 1.82) is 5.41 Å². The first-order valence-electron chi connectivity index (χ1n) is 7.56. The van der Waals surface area contributed by atoms with Gasteiger partial charge in [0.2, 0.25) is 0 Å². The molecule has 2 aromatic heterocycles. The summed E-state index contributed by atoms with van der Waals surface area (Å²) in [4.78, 5) is 8.51. The zero-order valence-corrected chi connectivity index (χ0v) is 13.5. The van der Waals surface area contributed by atoms with Gasteiger partial charge in [0.05, 0.1) is 32.5 Å². The molecule has 0 aromatic carbocycles. The van der Waals surface area contributed by atoms with E-state index in [-0.39, 0.29) is 18.7 Å². The molecule has 0 saturated carbocycles. The Hall–Kier alpha value is -1.85. The molecule has 24 heavy (non-hydrogen) atoms. The number of aliphatic hydroxyl groups excluding tert-OH is 2. The van der Waals surface area contributed by atoms with Gasteiger partial charge >= 0.3 is 0 Å². The minimum Gasteiger partial charge on any atom is -0.394 e. The SMILES string of the molecule is COCCOC1[C@@H](O)[C@@H](CO)O[C@H]1n1cnc2c(=N)n(C)cnc21. The van der Waals surface area contributed by atoms with Gasteiger partial charge < -0.3 is 29.0 Å². The largest absolute Gasteiger partial charge is 0.394 e. The van der Waals surface area contributed by atoms with Gasteiger partial charge in [-0.3, -0.25) is 9.98 Å². The molecule has 3 rings (SSSR count). The maximum Gasteiger partial charge on any atom is 0.167 e. The predicted octanol–water partition coefficient (Wildman–Crippen LogP) is -1.47. The summed E-state index contributed by atoms with van der Waals surface area (Å²) >= 11 is 0. The second-order valence-electron chi connectivity index (χ2n) is 5.59. The first kappa shape index (κ1) is 17.0. The van der Waals surface area contributed by atoms with Crippen LogP contribution in [0.3, 0.4) is 0 Å². The van der Waals surface area contributed by atoms with E-state index in [0.717, 1.165) is 0 Å². The molecule has 4 atom stereocenters. The van der Waals surface area contributed by atoms with Gasteiger partial charge in [-0.15, -0.1) is 0 Å². The standard InChI is InChI=1S/C14H21N5O5/c1-18-6-17-13-9(12(18)15)16-7-19(13)14-11(23-4-3-22-2)10(21)8(5-20)24-14/h6-8,10-11,14-15,20-21H,3-5H2,1-2H3/t8-,10+,11?,14-/m1/s1. The number of rotatable bonds is 6. The van der Waals surface area contributed by atoms with Crippen LogP contribution < -0.4 is 5.49 Å². The molecule has 3 N–H and O–H groups in total. The van der Waals surface area contributed by atoms with Gasteiger partial charge in [-0.05, 0) is 0 Å². The van der Waals surface area contributed by atoms with Crippen molar-refractivity contribution < 1.29 is 24.4 Å². The molecular formula is C14H21N5O5. The summed E-state index contributed by atoms with van der Waals surface area (Å²) in [7, 11) is 3.27. The highest BCUT2D eigenvalue weighted by Crippen LogP contribution is 2.32. The lowest BCUT2D eigenvalue weighted by molar-refractivity contribution is -0.0785. The van der Waals surface area contributed by atoms with E-state index in [2.05, 4.69) is 9.97 Å². The van der Waals surface area contributed by atoms with Gasteiger partial charge in [-0.2, -0.15) is 0 Å². The number of methoxy groups -OCH3 is 1. The smallest absolute Gasteiger partial charge is 0.167 e. The number of nitrogens with zero attached hydrogens (tertiary/aromatic N) is 4. The van der Waals surface area contributed by atoms with E-state index in [1.165, 1.54) is 12.7 Å². The molecule has 10 nitrogen and oxygen atoms in total. The summed E-state index contributed by atoms with van der Waals surface area (Å²) in [5, 5.41) is 27.8. The van der Waals surface area contributed by atoms with E-state index >= 15 is 0 Å². The number of hydrogen-bond donors (Lipinski definition) is 3. The molecular weight excluding hydrogens is 318 g/mol. The van der Waals surface area contributed by atoms with E-state index in [0.29, 0.717) is 17.8 Å². The van der Waals surface area contributed by atoms with Crippen molar-refractivity contribution in [3.63, 3.8) is 0 Å². The third-order valence-corrected chi connectivity index (χ3v) is 4.06. The van der Waals surface area contributed by atoms with Gasteiger partial charge in [-0.25, -0.2) is 9.97 Å². The van der Waals surface area contributed by atoms with Gasteiger partial charge in [-0.1, -0.05) is 0 Å². The zero-order valence-electron chi connectivity index (χ0n) is 13.5. The highest BCUT2D eigenvalue weighted by molar-refractivity contribution is 5.68. The van der Waals surface area contributed by atoms with Crippen molar-refractivity contribution in [3.8, 4) is 0 Å². The number of aliphatic hydroxyl groups is 2. The van der Waals surface area contributed by atoms with Crippen LogP contribution in [0.15, 0.2) is 12.7 Å². The molecule has 0 aliphatic carbocycles. The van der Waals surface area contributed by atoms with Crippen molar-refractivity contribution in [2.75, 3.05) is 26.9 Å². The van der Waals surface area contributed by atoms with Gasteiger partial charge in [0.25, 0.3) is 0 Å². The van der Waals surface area contributed by atoms with Crippen LogP contribution in [0.5, 0.6) is 0 Å². The molecule has 0 radical (unpaired) electrons. The van der Waals surface area contributed by atoms with Crippen LogP contribution >= 0.6 is 0 Å². The Balaban J connectivity index is 1.96. The van der Waals surface area contributed by atoms with Crippen LogP contribution in [0.2, 0.25) is 0 Å². The lowest BCUT2D eigenvalue weighted by Crippen LogP contribution is -2.36. The fourth-order valence-electron chi connectivity index (χ4n) is 2.74. The number of fused-ring (bicyclic) bond motifs is 1. The average molecular weight is 339 g/mol. The summed E-state index contributed by atoms with van der Waals surface area (Å²) in [6.07, 6.45) is -0.170. The number of aromatic nitrogens is 4. The van der Waals surface area contributed by atoms with Gasteiger partial charge in [0.1, 0.15) is 23.8 Å². The Morgan fingerprint density at radius 3 is 2.83 bits per heavy atom. The molecule has 0 amide bonds. The van der Waals surface area contributed by atoms with Crippen LogP contribution in [0.25, 0.3) is 11.2 Å². The Bertz CT molecular complexity index is 760. The number of aryl methyl sites for hydroxylation is 1. The third-order valence-electron chi connectivity index (χ3n) is 4.06. The van der Waals surface area contributed by atoms with Crippen LogP contribution in [0.1, 0.15) is 6.23 Å². The molecule has 3 heterocycles. The van der Waals surface area contributed by atoms with Crippen molar-refractivity contribution in [2.45, 2.75) is 24.5 Å². The second kappa shape index (κ2) is 6.95. The molecule has 1 aliphatic heterocycles. The van der Waals surface area contributed by atoms with Crippen molar-refractivity contribution >= 4 is 11.2 Å². The third kappa shape index (κ3) is 2.82. The van der Waals surface area contributed by atoms with Crippen LogP contribution in [0, 0.1) is 5.41 Å². The van der Waals surface area contributed by atoms with E-state index in [1.54, 1.807) is 23.3 Å². The summed E-state index contributed by atoms with van der Waals surface area (Å²) < 4.78 is 19.5. The maximum absolute atomic E-state index is 10.3. The summed E-state index contributed by atoms with van der Waals surface area (Å²) in [5.74, 6) is 0. The van der Waals surface area contributed by atoms with Gasteiger partial charge in [0, 0.05) is 14.2 Å². The molecule has 0 spiro atoms. The van der Waals surface area contributed by atoms with Crippen LogP contribution in [0.4, 0.5) is 0 Å². The normalized spacial score (nSPS) is 27.2. The summed E-state index contributed by atoms with van der Waals surface area (Å²) in [6.45, 7) is 0.310. The number of imidazole rings is 1. The Morgan fingerprint density at radius 2 is 2.12 bits per heavy atom. The Morgan fingerprint density at radius 1 is 1.33 bits per heavy atom. The average Bonchev–Trinajstić information content (AvgIpc) is 3.13. The van der Waals surface area contributed by atoms with E-state index < -0.39 is 24.5 Å². The van der Waals surface area contributed by atoms with Crippen molar-refractivity contribution in [3.05, 3.63) is 18.1 Å². The van der Waals surface area contributed by atoms with Gasteiger partial charge in [0.15, 0.2) is 17.4 Å². The first-order chi connectivity index (χ1) is 11.6. The summed E-state index contributed by atoms with van der Waals surface area (Å²) in [5.41, 5.74) is 1.09. The molecule has 1 unspecified atom stereocenters.